The molecule has 4 unspecified atom stereocenters. The van der Waals surface area contributed by atoms with Crippen LogP contribution in [0.15, 0.2) is 23.6 Å². The Kier molecular flexibility index (Phi) is 5.08. The van der Waals surface area contributed by atoms with Gasteiger partial charge in [0.2, 0.25) is 0 Å². The molecule has 0 saturated heterocycles. The van der Waals surface area contributed by atoms with Crippen molar-refractivity contribution in [1.82, 2.24) is 10.3 Å². The van der Waals surface area contributed by atoms with Gasteiger partial charge in [-0.1, -0.05) is 6.42 Å². The molecule has 2 aliphatic rings. The molecule has 5 nitrogen and oxygen atoms in total. The summed E-state index contributed by atoms with van der Waals surface area (Å²) in [5.74, 6) is 3.56. The van der Waals surface area contributed by atoms with E-state index < -0.39 is 0 Å². The first-order valence-corrected chi connectivity index (χ1v) is 10.5. The van der Waals surface area contributed by atoms with Gasteiger partial charge in [0, 0.05) is 17.0 Å². The Bertz CT molecular complexity index is 835. The van der Waals surface area contributed by atoms with Gasteiger partial charge in [-0.25, -0.2) is 4.98 Å². The minimum absolute atomic E-state index is 0.0757. The van der Waals surface area contributed by atoms with E-state index in [1.165, 1.54) is 37.0 Å². The molecule has 0 aliphatic heterocycles. The lowest BCUT2D eigenvalue weighted by molar-refractivity contribution is 0.0911. The van der Waals surface area contributed by atoms with Gasteiger partial charge in [0.25, 0.3) is 5.91 Å². The fourth-order valence-electron chi connectivity index (χ4n) is 4.77. The number of carbonyl (C=O) groups is 1. The van der Waals surface area contributed by atoms with Crippen LogP contribution in [-0.4, -0.2) is 31.2 Å². The molecule has 2 saturated carbocycles. The summed E-state index contributed by atoms with van der Waals surface area (Å²) in [6, 6.07) is 5.88. The Labute approximate surface area is 164 Å². The second kappa shape index (κ2) is 7.50. The van der Waals surface area contributed by atoms with Crippen LogP contribution in [0.4, 0.5) is 0 Å². The Morgan fingerprint density at radius 3 is 2.70 bits per heavy atom. The van der Waals surface area contributed by atoms with Crippen molar-refractivity contribution in [2.45, 2.75) is 38.6 Å². The molecule has 144 valence electrons. The van der Waals surface area contributed by atoms with Crippen molar-refractivity contribution in [2.75, 3.05) is 14.2 Å². The van der Waals surface area contributed by atoms with Gasteiger partial charge >= 0.3 is 0 Å². The van der Waals surface area contributed by atoms with Gasteiger partial charge in [0.05, 0.1) is 14.2 Å². The van der Waals surface area contributed by atoms with Crippen LogP contribution < -0.4 is 14.8 Å². The Hall–Kier alpha value is -2.08. The minimum Gasteiger partial charge on any atom is -0.493 e. The monoisotopic (exact) mass is 386 g/mol. The van der Waals surface area contributed by atoms with Crippen molar-refractivity contribution in [1.29, 1.82) is 0 Å². The third-order valence-corrected chi connectivity index (χ3v) is 7.05. The zero-order valence-electron chi connectivity index (χ0n) is 16.0. The fraction of sp³-hybridized carbons (Fsp3) is 0.524. The van der Waals surface area contributed by atoms with Gasteiger partial charge in [-0.3, -0.25) is 4.79 Å². The van der Waals surface area contributed by atoms with Crippen molar-refractivity contribution in [3.05, 3.63) is 29.3 Å². The van der Waals surface area contributed by atoms with Crippen LogP contribution in [0.3, 0.4) is 0 Å². The first kappa shape index (κ1) is 18.3. The quantitative estimate of drug-likeness (QED) is 0.800. The number of carbonyl (C=O) groups excluding carboxylic acids is 1. The zero-order valence-corrected chi connectivity index (χ0v) is 16.8. The highest BCUT2D eigenvalue weighted by Crippen LogP contribution is 2.49. The van der Waals surface area contributed by atoms with E-state index in [0.29, 0.717) is 23.1 Å². The number of methoxy groups -OCH3 is 2. The molecule has 6 heteroatoms. The summed E-state index contributed by atoms with van der Waals surface area (Å²) in [6.07, 6.45) is 5.32. The van der Waals surface area contributed by atoms with Crippen LogP contribution in [0.1, 0.15) is 43.1 Å². The predicted octanol–water partition coefficient (Wildman–Crippen LogP) is 4.38. The van der Waals surface area contributed by atoms with Crippen molar-refractivity contribution >= 4 is 17.2 Å². The molecule has 1 amide bonds. The summed E-state index contributed by atoms with van der Waals surface area (Å²) in [6.45, 7) is 2.14. The maximum absolute atomic E-state index is 12.7. The van der Waals surface area contributed by atoms with Crippen LogP contribution in [0.2, 0.25) is 0 Å². The molecule has 2 bridgehead atoms. The second-order valence-corrected chi connectivity index (χ2v) is 8.57. The van der Waals surface area contributed by atoms with Gasteiger partial charge in [0.1, 0.15) is 10.7 Å². The van der Waals surface area contributed by atoms with Crippen molar-refractivity contribution in [3.8, 4) is 22.1 Å². The number of aromatic nitrogens is 1. The number of nitrogens with zero attached hydrogens (tertiary/aromatic N) is 1. The number of rotatable bonds is 6. The summed E-state index contributed by atoms with van der Waals surface area (Å²) in [5.41, 5.74) is 1.40. The molecule has 1 aromatic carbocycles. The number of thiazole rings is 1. The second-order valence-electron chi connectivity index (χ2n) is 7.71. The highest BCUT2D eigenvalue weighted by atomic mass is 32.1. The highest BCUT2D eigenvalue weighted by molar-refractivity contribution is 7.13. The maximum Gasteiger partial charge on any atom is 0.270 e. The number of ether oxygens (including phenoxy) is 2. The zero-order chi connectivity index (χ0) is 19.0. The molecular formula is C21H26N2O3S. The van der Waals surface area contributed by atoms with E-state index in [1.807, 2.05) is 23.6 Å². The number of hydrogen-bond acceptors (Lipinski definition) is 5. The summed E-state index contributed by atoms with van der Waals surface area (Å²) in [5, 5.41) is 5.82. The SMILES string of the molecule is COc1ccc(-c2nc(C(=O)NC(C)C3CC4CCC3C4)cs2)cc1OC. The normalized spacial score (nSPS) is 24.6. The van der Waals surface area contributed by atoms with Gasteiger partial charge in [-0.05, 0) is 62.1 Å². The van der Waals surface area contributed by atoms with E-state index in [-0.39, 0.29) is 11.9 Å². The average molecular weight is 387 g/mol. The maximum atomic E-state index is 12.7. The Morgan fingerprint density at radius 2 is 2.04 bits per heavy atom. The first-order valence-electron chi connectivity index (χ1n) is 9.57. The molecule has 2 fully saturated rings. The van der Waals surface area contributed by atoms with Gasteiger partial charge in [-0.15, -0.1) is 11.3 Å². The van der Waals surface area contributed by atoms with E-state index in [1.54, 1.807) is 14.2 Å². The van der Waals surface area contributed by atoms with E-state index in [4.69, 9.17) is 9.47 Å². The molecule has 2 aliphatic carbocycles. The molecule has 0 radical (unpaired) electrons. The summed E-state index contributed by atoms with van der Waals surface area (Å²) in [4.78, 5) is 17.2. The summed E-state index contributed by atoms with van der Waals surface area (Å²) < 4.78 is 10.6. The van der Waals surface area contributed by atoms with Gasteiger partial charge in [0.15, 0.2) is 11.5 Å². The predicted molar refractivity (Wildman–Crippen MR) is 107 cm³/mol. The molecule has 1 aromatic heterocycles. The lowest BCUT2D eigenvalue weighted by atomic mass is 9.84. The van der Waals surface area contributed by atoms with E-state index in [0.717, 1.165) is 22.4 Å². The van der Waals surface area contributed by atoms with Crippen LogP contribution in [0, 0.1) is 17.8 Å². The number of benzene rings is 1. The molecular weight excluding hydrogens is 360 g/mol. The number of nitrogens with one attached hydrogen (secondary N) is 1. The molecule has 27 heavy (non-hydrogen) atoms. The number of hydrogen-bond donors (Lipinski definition) is 1. The minimum atomic E-state index is -0.0757. The smallest absolute Gasteiger partial charge is 0.270 e. The van der Waals surface area contributed by atoms with Crippen molar-refractivity contribution < 1.29 is 14.3 Å². The summed E-state index contributed by atoms with van der Waals surface area (Å²) >= 11 is 1.47. The highest BCUT2D eigenvalue weighted by Gasteiger charge is 2.42. The van der Waals surface area contributed by atoms with Gasteiger partial charge in [-0.2, -0.15) is 0 Å². The molecule has 4 atom stereocenters. The summed E-state index contributed by atoms with van der Waals surface area (Å²) in [7, 11) is 3.22. The third kappa shape index (κ3) is 3.55. The topological polar surface area (TPSA) is 60.5 Å². The van der Waals surface area contributed by atoms with E-state index in [9.17, 15) is 4.79 Å². The van der Waals surface area contributed by atoms with Crippen LogP contribution in [-0.2, 0) is 0 Å². The molecule has 4 rings (SSSR count). The molecule has 1 heterocycles. The van der Waals surface area contributed by atoms with Crippen LogP contribution in [0.25, 0.3) is 10.6 Å². The molecule has 1 N–H and O–H groups in total. The number of amides is 1. The molecule has 2 aromatic rings. The third-order valence-electron chi connectivity index (χ3n) is 6.16. The lowest BCUT2D eigenvalue weighted by Crippen LogP contribution is -2.40. The van der Waals surface area contributed by atoms with E-state index in [2.05, 4.69) is 17.2 Å². The first-order chi connectivity index (χ1) is 13.1. The Morgan fingerprint density at radius 1 is 1.22 bits per heavy atom. The van der Waals surface area contributed by atoms with Crippen LogP contribution >= 0.6 is 11.3 Å². The fourth-order valence-corrected chi connectivity index (χ4v) is 5.57. The van der Waals surface area contributed by atoms with E-state index >= 15 is 0 Å². The Balaban J connectivity index is 1.45. The number of fused-ring (bicyclic) bond motifs is 2. The lowest BCUT2D eigenvalue weighted by Gasteiger charge is -2.28. The largest absolute Gasteiger partial charge is 0.493 e. The molecule has 0 spiro atoms. The standard InChI is InChI=1S/C21H26N2O3S/c1-12(16-9-13-4-5-14(16)8-13)22-20(24)17-11-27-21(23-17)15-6-7-18(25-2)19(10-15)26-3/h6-7,10-14,16H,4-5,8-9H2,1-3H3,(H,22,24). The van der Waals surface area contributed by atoms with Gasteiger partial charge < -0.3 is 14.8 Å². The van der Waals surface area contributed by atoms with Crippen molar-refractivity contribution in [3.63, 3.8) is 0 Å². The van der Waals surface area contributed by atoms with Crippen molar-refractivity contribution in [2.24, 2.45) is 17.8 Å². The average Bonchev–Trinajstić information content (AvgIpc) is 3.43. The van der Waals surface area contributed by atoms with Crippen LogP contribution in [0.5, 0.6) is 11.5 Å².